The molecule has 4 rings (SSSR count). The first kappa shape index (κ1) is 21.9. The van der Waals surface area contributed by atoms with Crippen molar-refractivity contribution in [2.24, 2.45) is 5.10 Å². The number of hydrazone groups is 1. The van der Waals surface area contributed by atoms with Crippen LogP contribution in [0.25, 0.3) is 17.1 Å². The number of amides is 1. The van der Waals surface area contributed by atoms with Crippen LogP contribution < -0.4 is 5.43 Å². The average molecular weight is 510 g/mol. The highest BCUT2D eigenvalue weighted by Gasteiger charge is 2.17. The number of halogens is 2. The second-order valence-corrected chi connectivity index (χ2v) is 8.48. The minimum Gasteiger partial charge on any atom is -0.272 e. The molecule has 0 aliphatic heterocycles. The average Bonchev–Trinajstić information content (AvgIpc) is 3.24. The maximum Gasteiger partial charge on any atom is 0.250 e. The van der Waals surface area contributed by atoms with Gasteiger partial charge in [0.05, 0.1) is 12.0 Å². The highest BCUT2D eigenvalue weighted by Crippen LogP contribution is 2.28. The Balaban J connectivity index is 1.49. The highest BCUT2D eigenvalue weighted by atomic mass is 79.9. The van der Waals surface area contributed by atoms with Crippen molar-refractivity contribution < 1.29 is 9.18 Å². The van der Waals surface area contributed by atoms with Gasteiger partial charge < -0.3 is 0 Å². The first-order chi connectivity index (χ1) is 15.6. The lowest BCUT2D eigenvalue weighted by atomic mass is 10.2. The number of carbonyl (C=O) groups is 1. The predicted octanol–water partition coefficient (Wildman–Crippen LogP) is 5.08. The third-order valence-corrected chi connectivity index (χ3v) is 5.81. The molecule has 0 bridgehead atoms. The molecule has 0 saturated carbocycles. The summed E-state index contributed by atoms with van der Waals surface area (Å²) >= 11 is 4.71. The molecule has 0 saturated heterocycles. The molecule has 0 aliphatic rings. The van der Waals surface area contributed by atoms with E-state index in [2.05, 4.69) is 36.7 Å². The van der Waals surface area contributed by atoms with E-state index in [-0.39, 0.29) is 17.5 Å². The first-order valence-corrected chi connectivity index (χ1v) is 11.3. The number of nitrogens with one attached hydrogen (secondary N) is 1. The van der Waals surface area contributed by atoms with E-state index >= 15 is 0 Å². The van der Waals surface area contributed by atoms with E-state index in [4.69, 9.17) is 0 Å². The van der Waals surface area contributed by atoms with Crippen molar-refractivity contribution in [3.05, 3.63) is 94.7 Å². The van der Waals surface area contributed by atoms with Gasteiger partial charge in [-0.15, -0.1) is 10.2 Å². The zero-order valence-corrected chi connectivity index (χ0v) is 19.1. The van der Waals surface area contributed by atoms with Gasteiger partial charge in [0, 0.05) is 15.7 Å². The molecule has 0 aliphatic carbocycles. The zero-order valence-electron chi connectivity index (χ0n) is 16.7. The predicted molar refractivity (Wildman–Crippen MR) is 127 cm³/mol. The Morgan fingerprint density at radius 1 is 1.03 bits per heavy atom. The summed E-state index contributed by atoms with van der Waals surface area (Å²) < 4.78 is 15.8. The van der Waals surface area contributed by atoms with E-state index in [0.29, 0.717) is 16.5 Å². The fourth-order valence-corrected chi connectivity index (χ4v) is 3.86. The Morgan fingerprint density at radius 2 is 1.75 bits per heavy atom. The van der Waals surface area contributed by atoms with E-state index in [9.17, 15) is 9.18 Å². The van der Waals surface area contributed by atoms with Crippen LogP contribution in [-0.4, -0.2) is 32.6 Å². The summed E-state index contributed by atoms with van der Waals surface area (Å²) in [7, 11) is 0. The van der Waals surface area contributed by atoms with Crippen LogP contribution in [-0.2, 0) is 4.79 Å². The molecule has 3 aromatic carbocycles. The summed E-state index contributed by atoms with van der Waals surface area (Å²) in [4.78, 5) is 12.3. The van der Waals surface area contributed by atoms with Crippen LogP contribution >= 0.6 is 27.7 Å². The van der Waals surface area contributed by atoms with Crippen LogP contribution in [0.15, 0.2) is 93.6 Å². The number of benzene rings is 3. The fraction of sp³-hybridized carbons (Fsp3) is 0.0435. The minimum absolute atomic E-state index is 0.101. The number of rotatable bonds is 7. The molecular weight excluding hydrogens is 493 g/mol. The summed E-state index contributed by atoms with van der Waals surface area (Å²) in [5, 5.41) is 13.2. The van der Waals surface area contributed by atoms with Gasteiger partial charge in [-0.3, -0.25) is 9.36 Å². The Bertz CT molecular complexity index is 1230. The van der Waals surface area contributed by atoms with Crippen molar-refractivity contribution in [2.45, 2.75) is 5.16 Å². The Morgan fingerprint density at radius 3 is 2.47 bits per heavy atom. The number of carbonyl (C=O) groups excluding carboxylic acids is 1. The van der Waals surface area contributed by atoms with Gasteiger partial charge in [-0.2, -0.15) is 5.10 Å². The lowest BCUT2D eigenvalue weighted by Crippen LogP contribution is -2.20. The van der Waals surface area contributed by atoms with Crippen LogP contribution in [0.1, 0.15) is 5.56 Å². The number of hydrogen-bond donors (Lipinski definition) is 1. The maximum atomic E-state index is 13.0. The molecule has 0 radical (unpaired) electrons. The van der Waals surface area contributed by atoms with Gasteiger partial charge in [0.25, 0.3) is 5.91 Å². The molecule has 6 nitrogen and oxygen atoms in total. The monoisotopic (exact) mass is 509 g/mol. The van der Waals surface area contributed by atoms with E-state index < -0.39 is 0 Å². The standard InChI is InChI=1S/C23H17BrFN5OS/c24-18-8-12-20(13-9-18)30-22(17-4-2-1-3-5-17)28-29-23(30)32-15-21(31)27-26-14-16-6-10-19(25)11-7-16/h1-14H,15H2,(H,27,31)/b26-14+. The summed E-state index contributed by atoms with van der Waals surface area (Å²) in [6, 6.07) is 23.4. The molecular formula is C23H17BrFN5OS. The van der Waals surface area contributed by atoms with Gasteiger partial charge in [-0.05, 0) is 42.0 Å². The Hall–Kier alpha value is -3.30. The van der Waals surface area contributed by atoms with E-state index in [0.717, 1.165) is 15.7 Å². The van der Waals surface area contributed by atoms with Crippen molar-refractivity contribution in [3.8, 4) is 17.1 Å². The molecule has 9 heteroatoms. The lowest BCUT2D eigenvalue weighted by Gasteiger charge is -2.10. The molecule has 0 atom stereocenters. The van der Waals surface area contributed by atoms with E-state index in [1.807, 2.05) is 59.2 Å². The molecule has 1 amide bonds. The van der Waals surface area contributed by atoms with Gasteiger partial charge in [-0.25, -0.2) is 9.82 Å². The summed E-state index contributed by atoms with van der Waals surface area (Å²) in [6.07, 6.45) is 1.46. The number of nitrogens with zero attached hydrogens (tertiary/aromatic N) is 4. The van der Waals surface area contributed by atoms with Crippen molar-refractivity contribution in [1.82, 2.24) is 20.2 Å². The maximum absolute atomic E-state index is 13.0. The summed E-state index contributed by atoms with van der Waals surface area (Å²) in [5.74, 6) is 0.169. The third-order valence-electron chi connectivity index (χ3n) is 4.36. The van der Waals surface area contributed by atoms with Crippen LogP contribution in [0.5, 0.6) is 0 Å². The fourth-order valence-electron chi connectivity index (χ4n) is 2.85. The second-order valence-electron chi connectivity index (χ2n) is 6.62. The topological polar surface area (TPSA) is 72.2 Å². The van der Waals surface area contributed by atoms with Crippen LogP contribution in [0.3, 0.4) is 0 Å². The van der Waals surface area contributed by atoms with Crippen LogP contribution in [0, 0.1) is 5.82 Å². The molecule has 0 spiro atoms. The summed E-state index contributed by atoms with van der Waals surface area (Å²) in [5.41, 5.74) is 4.96. The Labute approximate surface area is 196 Å². The number of hydrogen-bond acceptors (Lipinski definition) is 5. The largest absolute Gasteiger partial charge is 0.272 e. The van der Waals surface area contributed by atoms with Crippen LogP contribution in [0.4, 0.5) is 4.39 Å². The minimum atomic E-state index is -0.327. The van der Waals surface area contributed by atoms with Crippen molar-refractivity contribution >= 4 is 39.8 Å². The molecule has 1 aromatic heterocycles. The van der Waals surface area contributed by atoms with Gasteiger partial charge in [0.15, 0.2) is 11.0 Å². The molecule has 1 heterocycles. The SMILES string of the molecule is O=C(CSc1nnc(-c2ccccc2)n1-c1ccc(Br)cc1)N/N=C/c1ccc(F)cc1. The molecule has 4 aromatic rings. The molecule has 1 N–H and O–H groups in total. The van der Waals surface area contributed by atoms with Crippen molar-refractivity contribution in [3.63, 3.8) is 0 Å². The van der Waals surface area contributed by atoms with Crippen molar-refractivity contribution in [2.75, 3.05) is 5.75 Å². The molecule has 32 heavy (non-hydrogen) atoms. The van der Waals surface area contributed by atoms with Crippen LogP contribution in [0.2, 0.25) is 0 Å². The number of aromatic nitrogens is 3. The van der Waals surface area contributed by atoms with Gasteiger partial charge >= 0.3 is 0 Å². The Kier molecular flexibility index (Phi) is 7.08. The summed E-state index contributed by atoms with van der Waals surface area (Å²) in [6.45, 7) is 0. The van der Waals surface area contributed by atoms with Gasteiger partial charge in [0.1, 0.15) is 5.82 Å². The smallest absolute Gasteiger partial charge is 0.250 e. The quantitative estimate of drug-likeness (QED) is 0.214. The van der Waals surface area contributed by atoms with E-state index in [1.165, 1.54) is 30.1 Å². The molecule has 160 valence electrons. The third kappa shape index (κ3) is 5.49. The molecule has 0 unspecified atom stereocenters. The number of thioether (sulfide) groups is 1. The van der Waals surface area contributed by atoms with Gasteiger partial charge in [-0.1, -0.05) is 70.2 Å². The molecule has 0 fully saturated rings. The zero-order chi connectivity index (χ0) is 22.3. The van der Waals surface area contributed by atoms with E-state index in [1.54, 1.807) is 12.1 Å². The van der Waals surface area contributed by atoms with Gasteiger partial charge in [0.2, 0.25) is 0 Å². The van der Waals surface area contributed by atoms with Crippen molar-refractivity contribution in [1.29, 1.82) is 0 Å². The lowest BCUT2D eigenvalue weighted by molar-refractivity contribution is -0.118. The second kappa shape index (κ2) is 10.3. The first-order valence-electron chi connectivity index (χ1n) is 9.57. The normalized spacial score (nSPS) is 11.1. The highest BCUT2D eigenvalue weighted by molar-refractivity contribution is 9.10.